The van der Waals surface area contributed by atoms with Crippen molar-refractivity contribution in [3.8, 4) is 0 Å². The second-order valence-corrected chi connectivity index (χ2v) is 12.3. The highest BCUT2D eigenvalue weighted by atomic mass is 35.5. The molecule has 2 rings (SSSR count). The summed E-state index contributed by atoms with van der Waals surface area (Å²) in [4.78, 5) is 4.90. The quantitative estimate of drug-likeness (QED) is 0.110. The lowest BCUT2D eigenvalue weighted by molar-refractivity contribution is 0.194. The summed E-state index contributed by atoms with van der Waals surface area (Å²) >= 11 is 23.8. The fourth-order valence-electron chi connectivity index (χ4n) is 4.51. The van der Waals surface area contributed by atoms with Gasteiger partial charge in [-0.15, -0.1) is 0 Å². The van der Waals surface area contributed by atoms with E-state index in [0.717, 1.165) is 64.2 Å². The Labute approximate surface area is 276 Å². The molecular formula is C33H54Cl4N4O. The van der Waals surface area contributed by atoms with E-state index >= 15 is 0 Å². The average molecular weight is 665 g/mol. The van der Waals surface area contributed by atoms with Crippen molar-refractivity contribution < 1.29 is 5.11 Å². The Hall–Kier alpha value is -0.600. The zero-order valence-corrected chi connectivity index (χ0v) is 29.1. The van der Waals surface area contributed by atoms with Crippen LogP contribution in [0, 0.1) is 0 Å². The van der Waals surface area contributed by atoms with E-state index < -0.39 is 0 Å². The molecule has 5 nitrogen and oxygen atoms in total. The van der Waals surface area contributed by atoms with Gasteiger partial charge in [-0.05, 0) is 113 Å². The van der Waals surface area contributed by atoms with Crippen LogP contribution in [0.25, 0.3) is 0 Å². The summed E-state index contributed by atoms with van der Waals surface area (Å²) in [6, 6.07) is 11.5. The van der Waals surface area contributed by atoms with Crippen molar-refractivity contribution in [1.29, 1.82) is 0 Å². The molecule has 0 unspecified atom stereocenters. The van der Waals surface area contributed by atoms with Crippen molar-refractivity contribution in [2.24, 2.45) is 0 Å². The Kier molecular flexibility index (Phi) is 24.1. The fourth-order valence-corrected chi connectivity index (χ4v) is 5.15. The first-order chi connectivity index (χ1) is 20.3. The molecule has 0 saturated carbocycles. The Balaban J connectivity index is 0.000000422. The van der Waals surface area contributed by atoms with E-state index in [4.69, 9.17) is 51.5 Å². The number of hydrogen-bond acceptors (Lipinski definition) is 5. The first-order valence-corrected chi connectivity index (χ1v) is 17.2. The predicted octanol–water partition coefficient (Wildman–Crippen LogP) is 8.55. The molecule has 0 saturated heterocycles. The van der Waals surface area contributed by atoms with Crippen molar-refractivity contribution in [2.75, 3.05) is 59.0 Å². The molecule has 0 aliphatic heterocycles. The third-order valence-corrected chi connectivity index (χ3v) is 8.37. The lowest BCUT2D eigenvalue weighted by Crippen LogP contribution is -2.30. The molecule has 42 heavy (non-hydrogen) atoms. The molecule has 0 atom stereocenters. The van der Waals surface area contributed by atoms with Crippen LogP contribution >= 0.6 is 46.4 Å². The zero-order chi connectivity index (χ0) is 31.0. The van der Waals surface area contributed by atoms with E-state index in [2.05, 4.69) is 41.2 Å². The Morgan fingerprint density at radius 1 is 0.548 bits per heavy atom. The minimum absolute atomic E-state index is 0.233. The van der Waals surface area contributed by atoms with Gasteiger partial charge in [0, 0.05) is 19.6 Å². The maximum Gasteiger partial charge on any atom is 0.0595 e. The van der Waals surface area contributed by atoms with E-state index in [1.807, 2.05) is 36.4 Å². The molecule has 0 fully saturated rings. The van der Waals surface area contributed by atoms with Gasteiger partial charge in [0.05, 0.1) is 26.7 Å². The maximum absolute atomic E-state index is 8.98. The number of halogens is 4. The molecule has 240 valence electrons. The van der Waals surface area contributed by atoms with Crippen molar-refractivity contribution in [3.05, 3.63) is 67.6 Å². The highest BCUT2D eigenvalue weighted by Crippen LogP contribution is 2.23. The van der Waals surface area contributed by atoms with Crippen LogP contribution in [0.1, 0.15) is 76.8 Å². The Bertz CT molecular complexity index is 936. The first-order valence-electron chi connectivity index (χ1n) is 15.7. The Morgan fingerprint density at radius 3 is 1.36 bits per heavy atom. The van der Waals surface area contributed by atoms with Crippen LogP contribution in [0.15, 0.2) is 36.4 Å². The Morgan fingerprint density at radius 2 is 0.976 bits per heavy atom. The van der Waals surface area contributed by atoms with Gasteiger partial charge in [0.15, 0.2) is 0 Å². The third-order valence-electron chi connectivity index (χ3n) is 6.89. The molecular weight excluding hydrogens is 610 g/mol. The summed E-state index contributed by atoms with van der Waals surface area (Å²) < 4.78 is 0. The number of nitrogens with one attached hydrogen (secondary N) is 2. The van der Waals surface area contributed by atoms with Gasteiger partial charge in [0.2, 0.25) is 0 Å². The highest BCUT2D eigenvalue weighted by molar-refractivity contribution is 6.42. The number of aliphatic hydroxyl groups excluding tert-OH is 1. The molecule has 2 aromatic rings. The molecule has 0 aliphatic carbocycles. The van der Waals surface area contributed by atoms with Crippen LogP contribution in [0.4, 0.5) is 0 Å². The summed E-state index contributed by atoms with van der Waals surface area (Å²) in [7, 11) is 0. The smallest absolute Gasteiger partial charge is 0.0595 e. The molecule has 0 spiro atoms. The molecule has 0 radical (unpaired) electrons. The topological polar surface area (TPSA) is 50.8 Å². The largest absolute Gasteiger partial charge is 0.395 e. The van der Waals surface area contributed by atoms with Crippen molar-refractivity contribution >= 4 is 46.4 Å². The van der Waals surface area contributed by atoms with Crippen molar-refractivity contribution in [1.82, 2.24) is 20.4 Å². The summed E-state index contributed by atoms with van der Waals surface area (Å²) in [6.45, 7) is 17.0. The molecule has 0 bridgehead atoms. The molecule has 9 heteroatoms. The van der Waals surface area contributed by atoms with Crippen LogP contribution in [0.5, 0.6) is 0 Å². The highest BCUT2D eigenvalue weighted by Gasteiger charge is 2.05. The average Bonchev–Trinajstić information content (AvgIpc) is 2.98. The lowest BCUT2D eigenvalue weighted by atomic mass is 10.2. The van der Waals surface area contributed by atoms with Gasteiger partial charge in [0.1, 0.15) is 0 Å². The lowest BCUT2D eigenvalue weighted by Gasteiger charge is -2.22. The number of rotatable bonds is 22. The van der Waals surface area contributed by atoms with Gasteiger partial charge in [-0.2, -0.15) is 0 Å². The second-order valence-electron chi connectivity index (χ2n) is 10.7. The number of hydrogen-bond donors (Lipinski definition) is 3. The van der Waals surface area contributed by atoms with Crippen LogP contribution < -0.4 is 10.6 Å². The maximum atomic E-state index is 8.98. The van der Waals surface area contributed by atoms with E-state index in [1.54, 1.807) is 0 Å². The third kappa shape index (κ3) is 18.9. The number of aliphatic hydroxyl groups is 1. The number of unbranched alkanes of at least 4 members (excludes halogenated alkanes) is 2. The normalized spacial score (nSPS) is 11.3. The van der Waals surface area contributed by atoms with Crippen LogP contribution in [-0.2, 0) is 13.1 Å². The first kappa shape index (κ1) is 39.4. The monoisotopic (exact) mass is 662 g/mol. The predicted molar refractivity (Wildman–Crippen MR) is 186 cm³/mol. The van der Waals surface area contributed by atoms with Gasteiger partial charge < -0.3 is 25.5 Å². The van der Waals surface area contributed by atoms with Gasteiger partial charge >= 0.3 is 0 Å². The summed E-state index contributed by atoms with van der Waals surface area (Å²) in [5, 5.41) is 18.3. The molecule has 0 aliphatic rings. The van der Waals surface area contributed by atoms with Gasteiger partial charge in [-0.1, -0.05) is 92.1 Å². The second kappa shape index (κ2) is 25.7. The summed E-state index contributed by atoms with van der Waals surface area (Å²) in [6.07, 6.45) is 8.55. The van der Waals surface area contributed by atoms with Gasteiger partial charge in [-0.3, -0.25) is 0 Å². The van der Waals surface area contributed by atoms with Crippen LogP contribution in [0.2, 0.25) is 20.1 Å². The molecule has 3 N–H and O–H groups in total. The van der Waals surface area contributed by atoms with Crippen LogP contribution in [-0.4, -0.2) is 73.9 Å². The summed E-state index contributed by atoms with van der Waals surface area (Å²) in [5.41, 5.74) is 2.32. The molecule has 0 amide bonds. The molecule has 0 aromatic heterocycles. The fraction of sp³-hybridized carbons (Fsp3) is 0.636. The number of benzene rings is 2. The standard InChI is InChI=1S/C18H30Cl2N2.C15H24Cl2N2O/c1-3-5-11-22(12-6-4-2)13-7-10-21-15-16-8-9-17(19)18(20)14-16;1-2-7-19(9-10-20)8-3-6-18-12-13-4-5-14(16)15(17)11-13/h8-9,14,21H,3-7,10-13,15H2,1-2H3;4-5,11,18,20H,2-3,6-10,12H2,1H3. The molecule has 0 heterocycles. The molecule has 2 aromatic carbocycles. The SMILES string of the molecule is CCCCN(CCCC)CCCNCc1ccc(Cl)c(Cl)c1.CCCN(CCO)CCCNCc1ccc(Cl)c(Cl)c1. The van der Waals surface area contributed by atoms with Crippen molar-refractivity contribution in [3.63, 3.8) is 0 Å². The minimum atomic E-state index is 0.233. The van der Waals surface area contributed by atoms with E-state index in [-0.39, 0.29) is 6.61 Å². The number of nitrogens with zero attached hydrogens (tertiary/aromatic N) is 2. The minimum Gasteiger partial charge on any atom is -0.395 e. The van der Waals surface area contributed by atoms with E-state index in [9.17, 15) is 0 Å². The zero-order valence-electron chi connectivity index (χ0n) is 26.0. The van der Waals surface area contributed by atoms with Gasteiger partial charge in [0.25, 0.3) is 0 Å². The van der Waals surface area contributed by atoms with E-state index in [1.165, 1.54) is 57.3 Å². The van der Waals surface area contributed by atoms with E-state index in [0.29, 0.717) is 20.1 Å². The van der Waals surface area contributed by atoms with Crippen LogP contribution in [0.3, 0.4) is 0 Å². The summed E-state index contributed by atoms with van der Waals surface area (Å²) in [5.74, 6) is 0. The van der Waals surface area contributed by atoms with Gasteiger partial charge in [-0.25, -0.2) is 0 Å². The van der Waals surface area contributed by atoms with Crippen molar-refractivity contribution in [2.45, 2.75) is 78.8 Å².